The van der Waals surface area contributed by atoms with E-state index < -0.39 is 5.97 Å². The summed E-state index contributed by atoms with van der Waals surface area (Å²) in [5.74, 6) is -0.618. The van der Waals surface area contributed by atoms with Crippen molar-refractivity contribution in [1.29, 1.82) is 0 Å². The van der Waals surface area contributed by atoms with Crippen LogP contribution >= 0.6 is 0 Å². The highest BCUT2D eigenvalue weighted by Crippen LogP contribution is 2.42. The van der Waals surface area contributed by atoms with Crippen LogP contribution in [0.2, 0.25) is 0 Å². The Hall–Kier alpha value is -3.03. The van der Waals surface area contributed by atoms with Gasteiger partial charge in [-0.1, -0.05) is 5.21 Å². The first-order valence-electron chi connectivity index (χ1n) is 7.98. The molecule has 0 radical (unpaired) electrons. The molecule has 0 saturated heterocycles. The minimum Gasteiger partial charge on any atom is -0.456 e. The molecule has 4 rings (SSSR count). The molecule has 7 nitrogen and oxygen atoms in total. The smallest absolute Gasteiger partial charge is 0.361 e. The van der Waals surface area contributed by atoms with Crippen LogP contribution in [0.15, 0.2) is 36.7 Å². The van der Waals surface area contributed by atoms with Gasteiger partial charge in [-0.15, -0.1) is 5.10 Å². The van der Waals surface area contributed by atoms with Crippen LogP contribution in [0.3, 0.4) is 0 Å². The van der Waals surface area contributed by atoms with Crippen molar-refractivity contribution in [3.8, 4) is 5.69 Å². The minimum absolute atomic E-state index is 0.125. The van der Waals surface area contributed by atoms with Gasteiger partial charge >= 0.3 is 5.97 Å². The third-order valence-electron chi connectivity index (χ3n) is 4.06. The van der Waals surface area contributed by atoms with Crippen molar-refractivity contribution in [1.82, 2.24) is 24.8 Å². The molecule has 2 heterocycles. The van der Waals surface area contributed by atoms with Gasteiger partial charge in [-0.25, -0.2) is 13.9 Å². The molecule has 1 fully saturated rings. The number of carbonyl (C=O) groups excluding carboxylic acids is 1. The van der Waals surface area contributed by atoms with Gasteiger partial charge in [-0.3, -0.25) is 4.68 Å². The first-order chi connectivity index (χ1) is 12.1. The first-order valence-corrected chi connectivity index (χ1v) is 7.98. The molecule has 1 saturated carbocycles. The number of halogens is 1. The number of hydrogen-bond acceptors (Lipinski definition) is 5. The third kappa shape index (κ3) is 3.15. The normalized spacial score (nSPS) is 13.8. The maximum absolute atomic E-state index is 13.1. The van der Waals surface area contributed by atoms with Crippen molar-refractivity contribution in [3.63, 3.8) is 0 Å². The Balaban J connectivity index is 1.59. The second-order valence-electron chi connectivity index (χ2n) is 6.08. The van der Waals surface area contributed by atoms with Crippen molar-refractivity contribution in [2.24, 2.45) is 7.05 Å². The number of carbonyl (C=O) groups is 1. The molecule has 0 amide bonds. The van der Waals surface area contributed by atoms with Gasteiger partial charge < -0.3 is 4.74 Å². The molecule has 8 heteroatoms. The molecule has 0 aliphatic heterocycles. The average molecular weight is 341 g/mol. The largest absolute Gasteiger partial charge is 0.456 e. The number of esters is 1. The van der Waals surface area contributed by atoms with E-state index in [0.717, 1.165) is 24.1 Å². The molecular formula is C17H16FN5O2. The molecule has 0 unspecified atom stereocenters. The summed E-state index contributed by atoms with van der Waals surface area (Å²) < 4.78 is 21.7. The minimum atomic E-state index is -0.515. The van der Waals surface area contributed by atoms with E-state index in [0.29, 0.717) is 5.69 Å². The monoisotopic (exact) mass is 341 g/mol. The lowest BCUT2D eigenvalue weighted by Crippen LogP contribution is -2.10. The summed E-state index contributed by atoms with van der Waals surface area (Å²) in [6.45, 7) is 0.125. The molecule has 0 spiro atoms. The van der Waals surface area contributed by atoms with Crippen molar-refractivity contribution in [3.05, 3.63) is 59.4 Å². The van der Waals surface area contributed by atoms with E-state index in [1.54, 1.807) is 40.9 Å². The molecule has 1 aromatic carbocycles. The van der Waals surface area contributed by atoms with E-state index in [9.17, 15) is 9.18 Å². The number of aromatic nitrogens is 5. The Morgan fingerprint density at radius 2 is 2.08 bits per heavy atom. The lowest BCUT2D eigenvalue weighted by molar-refractivity contribution is 0.0464. The Labute approximate surface area is 143 Å². The van der Waals surface area contributed by atoms with Crippen LogP contribution in [-0.2, 0) is 18.4 Å². The van der Waals surface area contributed by atoms with Gasteiger partial charge in [-0.05, 0) is 37.1 Å². The summed E-state index contributed by atoms with van der Waals surface area (Å²) in [7, 11) is 1.80. The van der Waals surface area contributed by atoms with E-state index in [4.69, 9.17) is 4.74 Å². The zero-order chi connectivity index (χ0) is 17.4. The Morgan fingerprint density at radius 1 is 1.32 bits per heavy atom. The molecule has 128 valence electrons. The standard InChI is InChI=1S/C17H16FN5O2/c1-22-9-11(8-19-22)10-25-17(24)15-16(12-2-3-12)23(21-20-15)14-6-4-13(18)5-7-14/h4-9,12H,2-3,10H2,1H3. The Bertz CT molecular complexity index is 912. The Kier molecular flexibility index (Phi) is 3.79. The third-order valence-corrected chi connectivity index (χ3v) is 4.06. The molecule has 0 bridgehead atoms. The summed E-state index contributed by atoms with van der Waals surface area (Å²) in [6, 6.07) is 5.93. The van der Waals surface area contributed by atoms with Crippen LogP contribution in [0.5, 0.6) is 0 Å². The lowest BCUT2D eigenvalue weighted by atomic mass is 10.2. The fourth-order valence-corrected chi connectivity index (χ4v) is 2.69. The maximum atomic E-state index is 13.1. The predicted octanol–water partition coefficient (Wildman–Crippen LogP) is 2.37. The van der Waals surface area contributed by atoms with Crippen molar-refractivity contribution < 1.29 is 13.9 Å². The zero-order valence-electron chi connectivity index (χ0n) is 13.6. The van der Waals surface area contributed by atoms with Gasteiger partial charge in [0.1, 0.15) is 12.4 Å². The van der Waals surface area contributed by atoms with Crippen LogP contribution in [0.1, 0.15) is 40.5 Å². The van der Waals surface area contributed by atoms with E-state index in [1.807, 2.05) is 0 Å². The van der Waals surface area contributed by atoms with Crippen molar-refractivity contribution >= 4 is 5.97 Å². The summed E-state index contributed by atoms with van der Waals surface area (Å²) in [5, 5.41) is 12.1. The highest BCUT2D eigenvalue weighted by Gasteiger charge is 2.34. The second kappa shape index (κ2) is 6.12. The van der Waals surface area contributed by atoms with Crippen LogP contribution in [-0.4, -0.2) is 30.7 Å². The highest BCUT2D eigenvalue weighted by molar-refractivity contribution is 5.88. The van der Waals surface area contributed by atoms with Gasteiger partial charge in [-0.2, -0.15) is 5.10 Å². The molecule has 1 aliphatic carbocycles. The van der Waals surface area contributed by atoms with Gasteiger partial charge in [0.2, 0.25) is 0 Å². The van der Waals surface area contributed by atoms with E-state index in [-0.39, 0.29) is 24.0 Å². The number of benzene rings is 1. The molecule has 25 heavy (non-hydrogen) atoms. The summed E-state index contributed by atoms with van der Waals surface area (Å²) in [5.41, 5.74) is 2.41. The van der Waals surface area contributed by atoms with E-state index in [1.165, 1.54) is 12.1 Å². The first kappa shape index (κ1) is 15.5. The summed E-state index contributed by atoms with van der Waals surface area (Å²) in [4.78, 5) is 12.5. The molecular weight excluding hydrogens is 325 g/mol. The summed E-state index contributed by atoms with van der Waals surface area (Å²) in [6.07, 6.45) is 5.36. The summed E-state index contributed by atoms with van der Waals surface area (Å²) >= 11 is 0. The maximum Gasteiger partial charge on any atom is 0.361 e. The number of nitrogens with zero attached hydrogens (tertiary/aromatic N) is 5. The molecule has 3 aromatic rings. The molecule has 2 aromatic heterocycles. The van der Waals surface area contributed by atoms with Gasteiger partial charge in [0, 0.05) is 24.7 Å². The van der Waals surface area contributed by atoms with Crippen molar-refractivity contribution in [2.75, 3.05) is 0 Å². The second-order valence-corrected chi connectivity index (χ2v) is 6.08. The number of rotatable bonds is 5. The quantitative estimate of drug-likeness (QED) is 0.666. The van der Waals surface area contributed by atoms with Gasteiger partial charge in [0.05, 0.1) is 17.6 Å². The number of ether oxygens (including phenoxy) is 1. The molecule has 0 N–H and O–H groups in total. The zero-order valence-corrected chi connectivity index (χ0v) is 13.6. The fourth-order valence-electron chi connectivity index (χ4n) is 2.69. The number of hydrogen-bond donors (Lipinski definition) is 0. The molecule has 0 atom stereocenters. The van der Waals surface area contributed by atoms with Crippen LogP contribution < -0.4 is 0 Å². The molecule has 1 aliphatic rings. The number of aryl methyl sites for hydroxylation is 1. The lowest BCUT2D eigenvalue weighted by Gasteiger charge is -2.07. The predicted molar refractivity (Wildman–Crippen MR) is 85.6 cm³/mol. The Morgan fingerprint density at radius 3 is 2.72 bits per heavy atom. The fraction of sp³-hybridized carbons (Fsp3) is 0.294. The van der Waals surface area contributed by atoms with Crippen LogP contribution in [0.4, 0.5) is 4.39 Å². The van der Waals surface area contributed by atoms with Crippen molar-refractivity contribution in [2.45, 2.75) is 25.4 Å². The SMILES string of the molecule is Cn1cc(COC(=O)c2nnn(-c3ccc(F)cc3)c2C2CC2)cn1. The van der Waals surface area contributed by atoms with Crippen LogP contribution in [0.25, 0.3) is 5.69 Å². The van der Waals surface area contributed by atoms with E-state index >= 15 is 0 Å². The van der Waals surface area contributed by atoms with E-state index in [2.05, 4.69) is 15.4 Å². The van der Waals surface area contributed by atoms with Gasteiger partial charge in [0.15, 0.2) is 5.69 Å². The highest BCUT2D eigenvalue weighted by atomic mass is 19.1. The average Bonchev–Trinajstić information content (AvgIpc) is 3.21. The van der Waals surface area contributed by atoms with Gasteiger partial charge in [0.25, 0.3) is 0 Å². The van der Waals surface area contributed by atoms with Crippen LogP contribution in [0, 0.1) is 5.82 Å². The topological polar surface area (TPSA) is 74.8 Å².